The zero-order valence-electron chi connectivity index (χ0n) is 16.8. The van der Waals surface area contributed by atoms with Gasteiger partial charge >= 0.3 is 0 Å². The molecule has 1 aromatic carbocycles. The van der Waals surface area contributed by atoms with Gasteiger partial charge in [0.25, 0.3) is 0 Å². The van der Waals surface area contributed by atoms with Gasteiger partial charge in [0.1, 0.15) is 17.3 Å². The first-order chi connectivity index (χ1) is 13.0. The molecule has 0 fully saturated rings. The number of benzene rings is 1. The highest BCUT2D eigenvalue weighted by molar-refractivity contribution is 7.09. The van der Waals surface area contributed by atoms with E-state index < -0.39 is 0 Å². The van der Waals surface area contributed by atoms with E-state index in [-0.39, 0.29) is 12.3 Å². The van der Waals surface area contributed by atoms with Crippen molar-refractivity contribution < 1.29 is 14.4 Å². The fourth-order valence-electron chi connectivity index (χ4n) is 2.78. The number of nitrogens with one attached hydrogen (secondary N) is 2. The van der Waals surface area contributed by atoms with Crippen molar-refractivity contribution in [2.45, 2.75) is 40.7 Å². The lowest BCUT2D eigenvalue weighted by Crippen LogP contribution is -3.10. The van der Waals surface area contributed by atoms with Gasteiger partial charge in [-0.3, -0.25) is 4.79 Å². The number of thiazole rings is 1. The van der Waals surface area contributed by atoms with E-state index in [1.165, 1.54) is 16.2 Å². The van der Waals surface area contributed by atoms with E-state index in [1.54, 1.807) is 7.11 Å². The summed E-state index contributed by atoms with van der Waals surface area (Å²) in [6.45, 7) is 11.2. The van der Waals surface area contributed by atoms with Gasteiger partial charge in [-0.1, -0.05) is 0 Å². The Kier molecular flexibility index (Phi) is 7.94. The Morgan fingerprint density at radius 2 is 2.07 bits per heavy atom. The Labute approximate surface area is 165 Å². The Hall–Kier alpha value is -2.25. The highest BCUT2D eigenvalue weighted by atomic mass is 32.1. The number of nitrogens with zero attached hydrogens (tertiary/aromatic N) is 2. The molecule has 2 rings (SSSR count). The van der Waals surface area contributed by atoms with Gasteiger partial charge in [0, 0.05) is 16.6 Å². The SMILES string of the molecule is CC[NH+](CC)Cc1cc(/C(C)=N\NC(=O)Cc2nc(C)cs2)ccc1OC. The smallest absolute Gasteiger partial charge is 0.246 e. The predicted molar refractivity (Wildman–Crippen MR) is 110 cm³/mol. The van der Waals surface area contributed by atoms with E-state index >= 15 is 0 Å². The van der Waals surface area contributed by atoms with Crippen LogP contribution in [0.3, 0.4) is 0 Å². The standard InChI is InChI=1S/C20H28N4O2S/c1-6-24(7-2)12-17-10-16(8-9-18(17)26-5)15(4)22-23-19(25)11-20-21-14(3)13-27-20/h8-10,13H,6-7,11-12H2,1-5H3,(H,23,25)/p+1/b22-15-. The molecule has 0 radical (unpaired) electrons. The van der Waals surface area contributed by atoms with Crippen molar-refractivity contribution >= 4 is 23.0 Å². The zero-order chi connectivity index (χ0) is 19.8. The van der Waals surface area contributed by atoms with Crippen LogP contribution >= 0.6 is 11.3 Å². The van der Waals surface area contributed by atoms with Crippen molar-refractivity contribution in [3.05, 3.63) is 45.4 Å². The number of hydrazone groups is 1. The third kappa shape index (κ3) is 6.15. The number of carbonyl (C=O) groups excluding carboxylic acids is 1. The molecule has 0 aliphatic carbocycles. The van der Waals surface area contributed by atoms with Gasteiger partial charge in [-0.05, 0) is 51.5 Å². The van der Waals surface area contributed by atoms with Crippen molar-refractivity contribution in [3.63, 3.8) is 0 Å². The minimum absolute atomic E-state index is 0.162. The Morgan fingerprint density at radius 1 is 1.33 bits per heavy atom. The maximum Gasteiger partial charge on any atom is 0.246 e. The van der Waals surface area contributed by atoms with Crippen molar-refractivity contribution in [1.29, 1.82) is 0 Å². The van der Waals surface area contributed by atoms with Crippen LogP contribution in [0.1, 0.15) is 42.6 Å². The summed E-state index contributed by atoms with van der Waals surface area (Å²) in [4.78, 5) is 17.9. The molecule has 2 N–H and O–H groups in total. The zero-order valence-corrected chi connectivity index (χ0v) is 17.6. The van der Waals surface area contributed by atoms with Crippen LogP contribution in [0.5, 0.6) is 5.75 Å². The highest BCUT2D eigenvalue weighted by Crippen LogP contribution is 2.19. The fraction of sp³-hybridized carbons (Fsp3) is 0.450. The molecule has 7 heteroatoms. The molecule has 27 heavy (non-hydrogen) atoms. The largest absolute Gasteiger partial charge is 0.496 e. The second-order valence-corrected chi connectivity index (χ2v) is 7.39. The monoisotopic (exact) mass is 389 g/mol. The number of quaternary nitrogens is 1. The summed E-state index contributed by atoms with van der Waals surface area (Å²) in [7, 11) is 1.69. The van der Waals surface area contributed by atoms with Gasteiger partial charge in [0.15, 0.2) is 0 Å². The first kappa shape index (κ1) is 21.1. The molecular weight excluding hydrogens is 360 g/mol. The number of rotatable bonds is 9. The van der Waals surface area contributed by atoms with Gasteiger partial charge in [-0.25, -0.2) is 10.4 Å². The van der Waals surface area contributed by atoms with Crippen LogP contribution < -0.4 is 15.1 Å². The summed E-state index contributed by atoms with van der Waals surface area (Å²) >= 11 is 1.49. The van der Waals surface area contributed by atoms with E-state index in [1.807, 2.05) is 31.4 Å². The van der Waals surface area contributed by atoms with E-state index in [2.05, 4.69) is 35.4 Å². The van der Waals surface area contributed by atoms with Crippen molar-refractivity contribution in [3.8, 4) is 5.75 Å². The average Bonchev–Trinajstić information content (AvgIpc) is 3.08. The normalized spacial score (nSPS) is 11.7. The van der Waals surface area contributed by atoms with Crippen LogP contribution in [0.2, 0.25) is 0 Å². The molecule has 0 bridgehead atoms. The average molecular weight is 390 g/mol. The molecule has 0 unspecified atom stereocenters. The molecule has 1 amide bonds. The first-order valence-corrected chi connectivity index (χ1v) is 10.1. The first-order valence-electron chi connectivity index (χ1n) is 9.21. The third-order valence-electron chi connectivity index (χ3n) is 4.47. The molecular formula is C20H29N4O2S+. The third-order valence-corrected chi connectivity index (χ3v) is 5.43. The van der Waals surface area contributed by atoms with Gasteiger partial charge in [-0.2, -0.15) is 5.10 Å². The molecule has 6 nitrogen and oxygen atoms in total. The molecule has 0 aliphatic heterocycles. The molecule has 1 heterocycles. The number of aromatic nitrogens is 1. The van der Waals surface area contributed by atoms with Gasteiger partial charge in [-0.15, -0.1) is 11.3 Å². The summed E-state index contributed by atoms with van der Waals surface area (Å²) in [5, 5.41) is 7.00. The molecule has 0 atom stereocenters. The fourth-order valence-corrected chi connectivity index (χ4v) is 3.55. The number of carbonyl (C=O) groups is 1. The Bertz CT molecular complexity index is 797. The second-order valence-electron chi connectivity index (χ2n) is 6.45. The van der Waals surface area contributed by atoms with E-state index in [9.17, 15) is 4.79 Å². The number of ether oxygens (including phenoxy) is 1. The van der Waals surface area contributed by atoms with Gasteiger partial charge in [0.2, 0.25) is 5.91 Å². The lowest BCUT2D eigenvalue weighted by molar-refractivity contribution is -0.910. The van der Waals surface area contributed by atoms with Crippen LogP contribution in [-0.4, -0.2) is 36.8 Å². The number of amides is 1. The maximum absolute atomic E-state index is 12.1. The molecule has 2 aromatic rings. The highest BCUT2D eigenvalue weighted by Gasteiger charge is 2.12. The van der Waals surface area contributed by atoms with Crippen LogP contribution in [0.25, 0.3) is 0 Å². The summed E-state index contributed by atoms with van der Waals surface area (Å²) < 4.78 is 5.51. The molecule has 0 saturated heterocycles. The summed E-state index contributed by atoms with van der Waals surface area (Å²) in [5.74, 6) is 0.721. The van der Waals surface area contributed by atoms with Crippen LogP contribution in [0.15, 0.2) is 28.7 Å². The Balaban J connectivity index is 2.08. The molecule has 146 valence electrons. The molecule has 0 spiro atoms. The van der Waals surface area contributed by atoms with E-state index in [0.717, 1.165) is 52.9 Å². The predicted octanol–water partition coefficient (Wildman–Crippen LogP) is 1.97. The summed E-state index contributed by atoms with van der Waals surface area (Å²) in [6.07, 6.45) is 0.245. The molecule has 1 aromatic heterocycles. The maximum atomic E-state index is 12.1. The second kappa shape index (κ2) is 10.2. The number of hydrogen-bond donors (Lipinski definition) is 2. The molecule has 0 aliphatic rings. The summed E-state index contributed by atoms with van der Waals surface area (Å²) in [5.41, 5.74) is 6.45. The van der Waals surface area contributed by atoms with Crippen LogP contribution in [0.4, 0.5) is 0 Å². The van der Waals surface area contributed by atoms with E-state index in [4.69, 9.17) is 4.74 Å². The van der Waals surface area contributed by atoms with Crippen molar-refractivity contribution in [2.24, 2.45) is 5.10 Å². The topological polar surface area (TPSA) is 68.0 Å². The quantitative estimate of drug-likeness (QED) is 0.509. The lowest BCUT2D eigenvalue weighted by atomic mass is 10.1. The summed E-state index contributed by atoms with van der Waals surface area (Å²) in [6, 6.07) is 6.03. The van der Waals surface area contributed by atoms with Gasteiger partial charge in [0.05, 0.1) is 32.3 Å². The van der Waals surface area contributed by atoms with Gasteiger partial charge < -0.3 is 9.64 Å². The van der Waals surface area contributed by atoms with Crippen molar-refractivity contribution in [2.75, 3.05) is 20.2 Å². The minimum Gasteiger partial charge on any atom is -0.496 e. The number of methoxy groups -OCH3 is 1. The van der Waals surface area contributed by atoms with E-state index in [0.29, 0.717) is 0 Å². The number of hydrogen-bond acceptors (Lipinski definition) is 5. The number of aryl methyl sites for hydroxylation is 1. The minimum atomic E-state index is -0.162. The van der Waals surface area contributed by atoms with Crippen LogP contribution in [-0.2, 0) is 17.8 Å². The van der Waals surface area contributed by atoms with Crippen LogP contribution in [0, 0.1) is 6.92 Å². The molecule has 0 saturated carbocycles. The Morgan fingerprint density at radius 3 is 2.67 bits per heavy atom. The lowest BCUT2D eigenvalue weighted by Gasteiger charge is -2.18. The van der Waals surface area contributed by atoms with Crippen molar-refractivity contribution in [1.82, 2.24) is 10.4 Å².